The van der Waals surface area contributed by atoms with Crippen molar-refractivity contribution in [3.8, 4) is 0 Å². The summed E-state index contributed by atoms with van der Waals surface area (Å²) in [6.07, 6.45) is -1.25. The Labute approximate surface area is 69.3 Å². The first-order valence-electron chi connectivity index (χ1n) is 4.41. The maximum absolute atomic E-state index is 12.2. The van der Waals surface area contributed by atoms with E-state index in [1.807, 2.05) is 0 Å². The van der Waals surface area contributed by atoms with Crippen LogP contribution in [0.1, 0.15) is 19.3 Å². The van der Waals surface area contributed by atoms with Gasteiger partial charge in [0.25, 0.3) is 0 Å². The van der Waals surface area contributed by atoms with E-state index in [1.54, 1.807) is 0 Å². The second kappa shape index (κ2) is 2.62. The predicted octanol–water partition coefficient (Wildman–Crippen LogP) is 1.94. The summed E-state index contributed by atoms with van der Waals surface area (Å²) in [5, 5.41) is 2.96. The van der Waals surface area contributed by atoms with E-state index in [-0.39, 0.29) is 12.0 Å². The monoisotopic (exact) mass is 179 g/mol. The SMILES string of the molecule is FC(F)(F)[C@H]1[C@H]2CCCCN[C@H]21. The number of nitrogens with one attached hydrogen (secondary N) is 1. The van der Waals surface area contributed by atoms with E-state index in [0.29, 0.717) is 0 Å². The van der Waals surface area contributed by atoms with Gasteiger partial charge >= 0.3 is 6.18 Å². The lowest BCUT2D eigenvalue weighted by molar-refractivity contribution is -0.152. The second-order valence-electron chi connectivity index (χ2n) is 3.71. The minimum absolute atomic E-state index is 0.118. The van der Waals surface area contributed by atoms with Gasteiger partial charge in [-0.05, 0) is 25.3 Å². The highest BCUT2D eigenvalue weighted by Crippen LogP contribution is 2.53. The molecule has 2 fully saturated rings. The minimum Gasteiger partial charge on any atom is -0.313 e. The van der Waals surface area contributed by atoms with E-state index in [2.05, 4.69) is 5.32 Å². The van der Waals surface area contributed by atoms with Gasteiger partial charge in [0.2, 0.25) is 0 Å². The molecule has 3 atom stereocenters. The molecule has 0 aromatic carbocycles. The molecule has 0 aromatic heterocycles. The molecule has 1 aliphatic heterocycles. The van der Waals surface area contributed by atoms with Crippen LogP contribution in [0.25, 0.3) is 0 Å². The standard InChI is InChI=1S/C8H12F3N/c9-8(10,11)6-5-3-1-2-4-12-7(5)6/h5-7,12H,1-4H2/t5-,6+,7-/m1/s1. The zero-order valence-electron chi connectivity index (χ0n) is 6.69. The molecule has 2 rings (SSSR count). The molecule has 1 aliphatic carbocycles. The molecule has 1 saturated heterocycles. The van der Waals surface area contributed by atoms with Crippen molar-refractivity contribution < 1.29 is 13.2 Å². The third kappa shape index (κ3) is 1.32. The number of hydrogen-bond donors (Lipinski definition) is 1. The van der Waals surface area contributed by atoms with Gasteiger partial charge in [-0.2, -0.15) is 13.2 Å². The average molecular weight is 179 g/mol. The van der Waals surface area contributed by atoms with Gasteiger partial charge in [0.05, 0.1) is 5.92 Å². The van der Waals surface area contributed by atoms with E-state index in [4.69, 9.17) is 0 Å². The van der Waals surface area contributed by atoms with Crippen molar-refractivity contribution >= 4 is 0 Å². The number of halogens is 3. The van der Waals surface area contributed by atoms with Crippen LogP contribution in [0.2, 0.25) is 0 Å². The van der Waals surface area contributed by atoms with Crippen LogP contribution in [0.4, 0.5) is 13.2 Å². The quantitative estimate of drug-likeness (QED) is 0.599. The summed E-state index contributed by atoms with van der Waals surface area (Å²) in [7, 11) is 0. The van der Waals surface area contributed by atoms with Gasteiger partial charge in [-0.25, -0.2) is 0 Å². The Bertz CT molecular complexity index is 166. The fraction of sp³-hybridized carbons (Fsp3) is 1.00. The summed E-state index contributed by atoms with van der Waals surface area (Å²) in [4.78, 5) is 0. The Balaban J connectivity index is 1.98. The molecule has 1 saturated carbocycles. The smallest absolute Gasteiger partial charge is 0.313 e. The van der Waals surface area contributed by atoms with E-state index in [1.165, 1.54) is 0 Å². The van der Waals surface area contributed by atoms with Crippen molar-refractivity contribution in [3.63, 3.8) is 0 Å². The van der Waals surface area contributed by atoms with Crippen LogP contribution in [0.3, 0.4) is 0 Å². The van der Waals surface area contributed by atoms with Crippen molar-refractivity contribution in [2.45, 2.75) is 31.5 Å². The molecule has 1 nitrogen and oxygen atoms in total. The van der Waals surface area contributed by atoms with E-state index in [0.717, 1.165) is 25.8 Å². The van der Waals surface area contributed by atoms with E-state index in [9.17, 15) is 13.2 Å². The molecule has 1 heterocycles. The Morgan fingerprint density at radius 1 is 1.17 bits per heavy atom. The molecule has 0 aromatic rings. The summed E-state index contributed by atoms with van der Waals surface area (Å²) < 4.78 is 36.7. The molecule has 0 amide bonds. The molecule has 0 spiro atoms. The van der Waals surface area contributed by atoms with E-state index < -0.39 is 12.1 Å². The molecule has 1 N–H and O–H groups in total. The molecular weight excluding hydrogens is 167 g/mol. The largest absolute Gasteiger partial charge is 0.393 e. The predicted molar refractivity (Wildman–Crippen MR) is 38.7 cm³/mol. The van der Waals surface area contributed by atoms with Crippen molar-refractivity contribution in [2.24, 2.45) is 11.8 Å². The van der Waals surface area contributed by atoms with Gasteiger partial charge in [-0.15, -0.1) is 0 Å². The molecular formula is C8H12F3N. The normalized spacial score (nSPS) is 41.8. The third-order valence-electron chi connectivity index (χ3n) is 2.89. The van der Waals surface area contributed by atoms with Crippen LogP contribution in [-0.2, 0) is 0 Å². The Morgan fingerprint density at radius 2 is 1.92 bits per heavy atom. The van der Waals surface area contributed by atoms with Gasteiger partial charge in [0, 0.05) is 6.04 Å². The summed E-state index contributed by atoms with van der Waals surface area (Å²) in [5.74, 6) is -1.16. The van der Waals surface area contributed by atoms with Crippen molar-refractivity contribution in [1.29, 1.82) is 0 Å². The zero-order chi connectivity index (χ0) is 8.77. The molecule has 0 unspecified atom stereocenters. The average Bonchev–Trinajstić information content (AvgIpc) is 2.54. The first kappa shape index (κ1) is 8.35. The second-order valence-corrected chi connectivity index (χ2v) is 3.71. The first-order chi connectivity index (χ1) is 5.61. The van der Waals surface area contributed by atoms with Crippen LogP contribution >= 0.6 is 0 Å². The molecule has 70 valence electrons. The summed E-state index contributed by atoms with van der Waals surface area (Å²) in [5.41, 5.74) is 0. The van der Waals surface area contributed by atoms with Crippen LogP contribution in [0.5, 0.6) is 0 Å². The topological polar surface area (TPSA) is 12.0 Å². The van der Waals surface area contributed by atoms with Crippen molar-refractivity contribution in [2.75, 3.05) is 6.54 Å². The maximum Gasteiger partial charge on any atom is 0.393 e. The number of hydrogen-bond acceptors (Lipinski definition) is 1. The highest BCUT2D eigenvalue weighted by molar-refractivity contribution is 5.07. The fourth-order valence-corrected chi connectivity index (χ4v) is 2.23. The van der Waals surface area contributed by atoms with E-state index >= 15 is 0 Å². The molecule has 4 heteroatoms. The van der Waals surface area contributed by atoms with Gasteiger partial charge in [0.1, 0.15) is 0 Å². The first-order valence-corrected chi connectivity index (χ1v) is 4.41. The maximum atomic E-state index is 12.2. The van der Waals surface area contributed by atoms with Gasteiger partial charge in [-0.3, -0.25) is 0 Å². The Morgan fingerprint density at radius 3 is 2.58 bits per heavy atom. The van der Waals surface area contributed by atoms with Crippen LogP contribution in [0.15, 0.2) is 0 Å². The molecule has 0 radical (unpaired) electrons. The van der Waals surface area contributed by atoms with Gasteiger partial charge in [0.15, 0.2) is 0 Å². The number of alkyl halides is 3. The van der Waals surface area contributed by atoms with Crippen LogP contribution in [-0.4, -0.2) is 18.8 Å². The van der Waals surface area contributed by atoms with Crippen LogP contribution < -0.4 is 5.32 Å². The third-order valence-corrected chi connectivity index (χ3v) is 2.89. The van der Waals surface area contributed by atoms with Crippen molar-refractivity contribution in [1.82, 2.24) is 5.32 Å². The lowest BCUT2D eigenvalue weighted by Crippen LogP contribution is -2.24. The number of rotatable bonds is 0. The summed E-state index contributed by atoms with van der Waals surface area (Å²) >= 11 is 0. The molecule has 2 aliphatic rings. The van der Waals surface area contributed by atoms with Gasteiger partial charge < -0.3 is 5.32 Å². The lowest BCUT2D eigenvalue weighted by Gasteiger charge is -2.07. The minimum atomic E-state index is -3.97. The highest BCUT2D eigenvalue weighted by Gasteiger charge is 2.63. The van der Waals surface area contributed by atoms with Crippen molar-refractivity contribution in [3.05, 3.63) is 0 Å². The molecule has 12 heavy (non-hydrogen) atoms. The Hall–Kier alpha value is -0.250. The summed E-state index contributed by atoms with van der Waals surface area (Å²) in [6.45, 7) is 0.758. The fourth-order valence-electron chi connectivity index (χ4n) is 2.23. The highest BCUT2D eigenvalue weighted by atomic mass is 19.4. The Kier molecular flexibility index (Phi) is 1.82. The summed E-state index contributed by atoms with van der Waals surface area (Å²) in [6, 6.07) is -0.257. The zero-order valence-corrected chi connectivity index (χ0v) is 6.69. The van der Waals surface area contributed by atoms with Crippen LogP contribution in [0, 0.1) is 11.8 Å². The number of fused-ring (bicyclic) bond motifs is 1. The molecule has 0 bridgehead atoms. The lowest BCUT2D eigenvalue weighted by atomic mass is 10.1. The van der Waals surface area contributed by atoms with Gasteiger partial charge in [-0.1, -0.05) is 6.42 Å².